The summed E-state index contributed by atoms with van der Waals surface area (Å²) < 4.78 is 17.3. The van der Waals surface area contributed by atoms with Gasteiger partial charge in [-0.15, -0.1) is 0 Å². The maximum Gasteiger partial charge on any atom is 0.358 e. The van der Waals surface area contributed by atoms with Gasteiger partial charge in [0.25, 0.3) is 0 Å². The summed E-state index contributed by atoms with van der Waals surface area (Å²) in [6.45, 7) is 0.639. The molecule has 32 heavy (non-hydrogen) atoms. The molecule has 0 radical (unpaired) electrons. The van der Waals surface area contributed by atoms with Gasteiger partial charge in [-0.2, -0.15) is 5.10 Å². The predicted octanol–water partition coefficient (Wildman–Crippen LogP) is 3.96. The van der Waals surface area contributed by atoms with E-state index in [0.29, 0.717) is 41.0 Å². The fraction of sp³-hybridized carbons (Fsp3) is 0.217. The number of carbonyl (C=O) groups is 1. The van der Waals surface area contributed by atoms with Gasteiger partial charge in [0.1, 0.15) is 17.2 Å². The monoisotopic (exact) mass is 455 g/mol. The maximum absolute atomic E-state index is 12.7. The smallest absolute Gasteiger partial charge is 0.358 e. The van der Waals surface area contributed by atoms with Crippen LogP contribution in [0.15, 0.2) is 54.4 Å². The number of ether oxygens (including phenoxy) is 3. The number of benzene rings is 2. The molecule has 0 saturated heterocycles. The largest absolute Gasteiger partial charge is 0.504 e. The Morgan fingerprint density at radius 2 is 1.88 bits per heavy atom. The SMILES string of the molecule is COC(=O)C1=C(O)c2c(cnn2-c2ccc(Cl)cc2)CN1Cc1ccc(OC)cc1OC. The van der Waals surface area contributed by atoms with Crippen molar-refractivity contribution in [2.24, 2.45) is 0 Å². The molecule has 0 spiro atoms. The predicted molar refractivity (Wildman–Crippen MR) is 119 cm³/mol. The first-order valence-corrected chi connectivity index (χ1v) is 10.1. The van der Waals surface area contributed by atoms with Crippen LogP contribution in [0, 0.1) is 0 Å². The molecule has 0 fully saturated rings. The van der Waals surface area contributed by atoms with Crippen LogP contribution in [0.4, 0.5) is 0 Å². The minimum atomic E-state index is -0.649. The Morgan fingerprint density at radius 1 is 1.12 bits per heavy atom. The number of nitrogens with zero attached hydrogens (tertiary/aromatic N) is 3. The van der Waals surface area contributed by atoms with Crippen LogP contribution in [0.2, 0.25) is 5.02 Å². The van der Waals surface area contributed by atoms with Gasteiger partial charge in [0.2, 0.25) is 0 Å². The quantitative estimate of drug-likeness (QED) is 0.563. The lowest BCUT2D eigenvalue weighted by Crippen LogP contribution is -2.32. The topological polar surface area (TPSA) is 86.0 Å². The Bertz CT molecular complexity index is 1190. The van der Waals surface area contributed by atoms with Crippen LogP contribution in [0.1, 0.15) is 16.8 Å². The van der Waals surface area contributed by atoms with Gasteiger partial charge >= 0.3 is 5.97 Å². The van der Waals surface area contributed by atoms with Crippen molar-refractivity contribution in [3.8, 4) is 17.2 Å². The molecule has 0 amide bonds. The molecule has 1 aromatic heterocycles. The van der Waals surface area contributed by atoms with Crippen molar-refractivity contribution in [2.75, 3.05) is 21.3 Å². The van der Waals surface area contributed by atoms with E-state index < -0.39 is 5.97 Å². The van der Waals surface area contributed by atoms with Crippen LogP contribution in [-0.4, -0.2) is 47.1 Å². The van der Waals surface area contributed by atoms with Gasteiger partial charge in [0.15, 0.2) is 11.5 Å². The first-order chi connectivity index (χ1) is 15.5. The van der Waals surface area contributed by atoms with Crippen molar-refractivity contribution < 1.29 is 24.1 Å². The normalized spacial score (nSPS) is 13.1. The number of rotatable bonds is 6. The van der Waals surface area contributed by atoms with Crippen molar-refractivity contribution in [3.05, 3.63) is 76.2 Å². The summed E-state index contributed by atoms with van der Waals surface area (Å²) in [4.78, 5) is 14.4. The highest BCUT2D eigenvalue weighted by Gasteiger charge is 2.34. The summed E-state index contributed by atoms with van der Waals surface area (Å²) in [6, 6.07) is 12.5. The lowest BCUT2D eigenvalue weighted by Gasteiger charge is -2.31. The van der Waals surface area contributed by atoms with Gasteiger partial charge in [-0.25, -0.2) is 9.48 Å². The molecule has 0 unspecified atom stereocenters. The Morgan fingerprint density at radius 3 is 2.53 bits per heavy atom. The molecule has 1 aliphatic rings. The highest BCUT2D eigenvalue weighted by molar-refractivity contribution is 6.30. The first kappa shape index (κ1) is 21.6. The third-order valence-electron chi connectivity index (χ3n) is 5.28. The minimum absolute atomic E-state index is 0.0496. The average molecular weight is 456 g/mol. The fourth-order valence-corrected chi connectivity index (χ4v) is 3.85. The number of fused-ring (bicyclic) bond motifs is 1. The van der Waals surface area contributed by atoms with Gasteiger partial charge in [-0.05, 0) is 36.4 Å². The molecule has 1 N–H and O–H groups in total. The number of aromatic nitrogens is 2. The van der Waals surface area contributed by atoms with Crippen LogP contribution in [0.25, 0.3) is 11.4 Å². The van der Waals surface area contributed by atoms with Crippen molar-refractivity contribution in [1.29, 1.82) is 0 Å². The van der Waals surface area contributed by atoms with E-state index in [1.54, 1.807) is 60.3 Å². The molecule has 4 rings (SSSR count). The molecule has 3 aromatic rings. The van der Waals surface area contributed by atoms with E-state index in [9.17, 15) is 9.90 Å². The zero-order valence-electron chi connectivity index (χ0n) is 17.8. The molecular weight excluding hydrogens is 434 g/mol. The Kier molecular flexibility index (Phi) is 5.96. The highest BCUT2D eigenvalue weighted by Crippen LogP contribution is 2.35. The summed E-state index contributed by atoms with van der Waals surface area (Å²) >= 11 is 5.99. The molecule has 0 bridgehead atoms. The standard InChI is InChI=1S/C23H22ClN3O5/c1-30-18-9-4-14(19(10-18)31-2)12-26-13-15-11-25-27(17-7-5-16(24)6-8-17)20(15)22(28)21(26)23(29)32-3/h4-11,28H,12-13H2,1-3H3. The number of esters is 1. The summed E-state index contributed by atoms with van der Waals surface area (Å²) in [5, 5.41) is 16.2. The van der Waals surface area contributed by atoms with Crippen molar-refractivity contribution in [1.82, 2.24) is 14.7 Å². The Labute approximate surface area is 190 Å². The van der Waals surface area contributed by atoms with Crippen molar-refractivity contribution in [2.45, 2.75) is 13.1 Å². The molecule has 0 saturated carbocycles. The summed E-state index contributed by atoms with van der Waals surface area (Å²) in [5.74, 6) is 0.403. The summed E-state index contributed by atoms with van der Waals surface area (Å²) in [6.07, 6.45) is 1.67. The summed E-state index contributed by atoms with van der Waals surface area (Å²) in [7, 11) is 4.42. The molecule has 0 atom stereocenters. The number of carbonyl (C=O) groups excluding carboxylic acids is 1. The van der Waals surface area contributed by atoms with Gasteiger partial charge < -0.3 is 24.2 Å². The Hall–Kier alpha value is -3.65. The highest BCUT2D eigenvalue weighted by atomic mass is 35.5. The third-order valence-corrected chi connectivity index (χ3v) is 5.53. The second-order valence-electron chi connectivity index (χ2n) is 7.13. The number of hydrogen-bond acceptors (Lipinski definition) is 7. The maximum atomic E-state index is 12.7. The lowest BCUT2D eigenvalue weighted by molar-refractivity contribution is -0.138. The van der Waals surface area contributed by atoms with Gasteiger partial charge in [0.05, 0.1) is 33.2 Å². The lowest BCUT2D eigenvalue weighted by atomic mass is 10.0. The fourth-order valence-electron chi connectivity index (χ4n) is 3.72. The third kappa shape index (κ3) is 3.85. The van der Waals surface area contributed by atoms with E-state index in [1.807, 2.05) is 12.1 Å². The van der Waals surface area contributed by atoms with Crippen LogP contribution in [0.3, 0.4) is 0 Å². The number of aliphatic hydroxyl groups excluding tert-OH is 1. The number of methoxy groups -OCH3 is 3. The molecule has 8 nitrogen and oxygen atoms in total. The van der Waals surface area contributed by atoms with Gasteiger partial charge in [-0.3, -0.25) is 0 Å². The van der Waals surface area contributed by atoms with Crippen LogP contribution in [0.5, 0.6) is 11.5 Å². The minimum Gasteiger partial charge on any atom is -0.504 e. The zero-order chi connectivity index (χ0) is 22.8. The Balaban J connectivity index is 1.77. The molecular formula is C23H22ClN3O5. The second-order valence-corrected chi connectivity index (χ2v) is 7.57. The van der Waals surface area contributed by atoms with Crippen LogP contribution >= 0.6 is 11.6 Å². The van der Waals surface area contributed by atoms with E-state index in [2.05, 4.69) is 5.10 Å². The van der Waals surface area contributed by atoms with E-state index in [-0.39, 0.29) is 11.5 Å². The second kappa shape index (κ2) is 8.84. The molecule has 2 heterocycles. The number of hydrogen-bond donors (Lipinski definition) is 1. The van der Waals surface area contributed by atoms with Crippen LogP contribution < -0.4 is 9.47 Å². The molecule has 1 aliphatic heterocycles. The number of halogens is 1. The average Bonchev–Trinajstić information content (AvgIpc) is 3.23. The summed E-state index contributed by atoms with van der Waals surface area (Å²) in [5.41, 5.74) is 2.77. The van der Waals surface area contributed by atoms with Crippen molar-refractivity contribution >= 4 is 23.3 Å². The van der Waals surface area contributed by atoms with Gasteiger partial charge in [0, 0.05) is 35.3 Å². The molecule has 0 aliphatic carbocycles. The van der Waals surface area contributed by atoms with E-state index in [1.165, 1.54) is 7.11 Å². The zero-order valence-corrected chi connectivity index (χ0v) is 18.6. The van der Waals surface area contributed by atoms with Crippen molar-refractivity contribution in [3.63, 3.8) is 0 Å². The van der Waals surface area contributed by atoms with Crippen LogP contribution in [-0.2, 0) is 22.6 Å². The molecule has 9 heteroatoms. The van der Waals surface area contributed by atoms with E-state index in [4.69, 9.17) is 25.8 Å². The first-order valence-electron chi connectivity index (χ1n) is 9.77. The number of aliphatic hydroxyl groups is 1. The van der Waals surface area contributed by atoms with Gasteiger partial charge in [-0.1, -0.05) is 11.6 Å². The molecule has 166 valence electrons. The molecule has 2 aromatic carbocycles. The van der Waals surface area contributed by atoms with E-state index >= 15 is 0 Å². The van der Waals surface area contributed by atoms with E-state index in [0.717, 1.165) is 11.1 Å².